The Labute approximate surface area is 284 Å². The standard InChI is InChI=1S/C13H12O2S.2C13H10S.2CH4/c1-9-11-12(15-8-7-14-11)13(16-9)10-5-3-2-4-6-10;1-9-5-4-7-11-10-6-2-3-8-12(10)14-13(9)11;1-9-6-7-13-11(8-9)10-4-2-3-5-12(10)14-13;;/h2-6H,7-8H2,1H3;2*2-8H,1H3;2*1H4. The van der Waals surface area contributed by atoms with Gasteiger partial charge >= 0.3 is 0 Å². The highest BCUT2D eigenvalue weighted by atomic mass is 32.1. The molecule has 1 aliphatic heterocycles. The summed E-state index contributed by atoms with van der Waals surface area (Å²) in [5, 5.41) is 5.56. The van der Waals surface area contributed by atoms with Crippen molar-refractivity contribution in [2.75, 3.05) is 13.2 Å². The maximum absolute atomic E-state index is 5.72. The van der Waals surface area contributed by atoms with Crippen molar-refractivity contribution in [3.8, 4) is 21.9 Å². The number of ether oxygens (including phenoxy) is 2. The quantitative estimate of drug-likeness (QED) is 0.174. The van der Waals surface area contributed by atoms with Crippen LogP contribution in [-0.2, 0) is 0 Å². The number of fused-ring (bicyclic) bond motifs is 7. The molecule has 0 saturated carbocycles. The summed E-state index contributed by atoms with van der Waals surface area (Å²) >= 11 is 5.49. The Bertz CT molecular complexity index is 2210. The van der Waals surface area contributed by atoms with E-state index in [0.717, 1.165) is 11.5 Å². The summed E-state index contributed by atoms with van der Waals surface area (Å²) in [7, 11) is 0. The predicted molar refractivity (Wildman–Crippen MR) is 207 cm³/mol. The van der Waals surface area contributed by atoms with Crippen molar-refractivity contribution >= 4 is 74.4 Å². The third kappa shape index (κ3) is 6.54. The Morgan fingerprint density at radius 1 is 0.500 bits per heavy atom. The van der Waals surface area contributed by atoms with Gasteiger partial charge in [0.2, 0.25) is 0 Å². The minimum absolute atomic E-state index is 0. The van der Waals surface area contributed by atoms with Crippen LogP contribution in [0.5, 0.6) is 11.5 Å². The van der Waals surface area contributed by atoms with Crippen molar-refractivity contribution in [2.24, 2.45) is 0 Å². The number of aryl methyl sites for hydroxylation is 3. The number of hydrogen-bond acceptors (Lipinski definition) is 5. The molecule has 9 rings (SSSR count). The lowest BCUT2D eigenvalue weighted by atomic mass is 10.1. The SMILES string of the molecule is C.C.Cc1ccc2sc3ccccc3c2c1.Cc1cccc2c1sc1ccccc12.Cc1sc(-c2ccccc2)c2c1OCCO2. The summed E-state index contributed by atoms with van der Waals surface area (Å²) in [4.78, 5) is 2.36. The van der Waals surface area contributed by atoms with Crippen molar-refractivity contribution in [1.29, 1.82) is 0 Å². The molecule has 0 atom stereocenters. The molecule has 1 aliphatic rings. The molecule has 5 heteroatoms. The molecule has 0 bridgehead atoms. The number of thiophene rings is 3. The van der Waals surface area contributed by atoms with E-state index < -0.39 is 0 Å². The summed E-state index contributed by atoms with van der Waals surface area (Å²) in [5.74, 6) is 1.84. The van der Waals surface area contributed by atoms with Crippen LogP contribution in [0.4, 0.5) is 0 Å². The second-order valence-corrected chi connectivity index (χ2v) is 14.2. The van der Waals surface area contributed by atoms with E-state index in [1.807, 2.05) is 40.9 Å². The summed E-state index contributed by atoms with van der Waals surface area (Å²) in [6, 6.07) is 40.7. The zero-order valence-electron chi connectivity index (χ0n) is 24.9. The first-order valence-electron chi connectivity index (χ1n) is 14.8. The maximum Gasteiger partial charge on any atom is 0.180 e. The van der Waals surface area contributed by atoms with Crippen LogP contribution in [0.3, 0.4) is 0 Å². The van der Waals surface area contributed by atoms with Crippen LogP contribution in [-0.4, -0.2) is 13.2 Å². The molecule has 2 nitrogen and oxygen atoms in total. The third-order valence-corrected chi connectivity index (χ3v) is 11.3. The van der Waals surface area contributed by atoms with E-state index in [-0.39, 0.29) is 14.9 Å². The first-order chi connectivity index (χ1) is 21.6. The van der Waals surface area contributed by atoms with Crippen LogP contribution in [0, 0.1) is 20.8 Å². The van der Waals surface area contributed by atoms with Crippen molar-refractivity contribution in [1.82, 2.24) is 0 Å². The smallest absolute Gasteiger partial charge is 0.180 e. The molecule has 0 spiro atoms. The van der Waals surface area contributed by atoms with Gasteiger partial charge in [-0.25, -0.2) is 0 Å². The average molecular weight is 661 g/mol. The van der Waals surface area contributed by atoms with Crippen LogP contribution in [0.25, 0.3) is 50.8 Å². The topological polar surface area (TPSA) is 18.5 Å². The van der Waals surface area contributed by atoms with Gasteiger partial charge in [0.25, 0.3) is 0 Å². The van der Waals surface area contributed by atoms with E-state index in [1.54, 1.807) is 11.3 Å². The Hall–Kier alpha value is -4.16. The second-order valence-electron chi connectivity index (χ2n) is 10.9. The zero-order valence-corrected chi connectivity index (χ0v) is 27.4. The largest absolute Gasteiger partial charge is 0.485 e. The minimum atomic E-state index is 0. The predicted octanol–water partition coefficient (Wildman–Crippen LogP) is 13.5. The van der Waals surface area contributed by atoms with E-state index in [2.05, 4.69) is 118 Å². The van der Waals surface area contributed by atoms with Crippen LogP contribution in [0.1, 0.15) is 30.9 Å². The molecule has 0 N–H and O–H groups in total. The normalized spacial score (nSPS) is 11.6. The van der Waals surface area contributed by atoms with Crippen molar-refractivity contribution < 1.29 is 9.47 Å². The molecule has 0 aliphatic carbocycles. The Balaban J connectivity index is 0.000000133. The molecule has 8 aromatic rings. The number of hydrogen-bond donors (Lipinski definition) is 0. The van der Waals surface area contributed by atoms with Crippen molar-refractivity contribution in [3.05, 3.63) is 131 Å². The molecular weight excluding hydrogens is 621 g/mol. The first kappa shape index (κ1) is 33.2. The van der Waals surface area contributed by atoms with Gasteiger partial charge in [-0.15, -0.1) is 34.0 Å². The lowest BCUT2D eigenvalue weighted by Crippen LogP contribution is -2.14. The van der Waals surface area contributed by atoms with E-state index in [0.29, 0.717) is 13.2 Å². The van der Waals surface area contributed by atoms with Gasteiger partial charge in [0.05, 0.1) is 4.88 Å². The Morgan fingerprint density at radius 3 is 1.83 bits per heavy atom. The fraction of sp³-hybridized carbons (Fsp3) is 0.171. The van der Waals surface area contributed by atoms with Gasteiger partial charge in [-0.2, -0.15) is 0 Å². The van der Waals surface area contributed by atoms with E-state index in [4.69, 9.17) is 9.47 Å². The van der Waals surface area contributed by atoms with Crippen LogP contribution < -0.4 is 9.47 Å². The van der Waals surface area contributed by atoms with Gasteiger partial charge in [0.15, 0.2) is 11.5 Å². The molecule has 0 amide bonds. The molecule has 0 radical (unpaired) electrons. The fourth-order valence-corrected chi connectivity index (χ4v) is 8.91. The zero-order chi connectivity index (χ0) is 30.0. The summed E-state index contributed by atoms with van der Waals surface area (Å²) in [5.41, 5.74) is 3.91. The molecule has 0 fully saturated rings. The van der Waals surface area contributed by atoms with Crippen molar-refractivity contribution in [2.45, 2.75) is 35.6 Å². The van der Waals surface area contributed by atoms with E-state index in [1.165, 1.54) is 66.8 Å². The van der Waals surface area contributed by atoms with Crippen molar-refractivity contribution in [3.63, 3.8) is 0 Å². The molecule has 0 unspecified atom stereocenters. The molecule has 4 heterocycles. The molecule has 46 heavy (non-hydrogen) atoms. The highest BCUT2D eigenvalue weighted by Gasteiger charge is 2.22. The van der Waals surface area contributed by atoms with Gasteiger partial charge in [-0.05, 0) is 56.2 Å². The first-order valence-corrected chi connectivity index (χ1v) is 17.2. The molecule has 234 valence electrons. The van der Waals surface area contributed by atoms with Crippen LogP contribution >= 0.6 is 34.0 Å². The summed E-state index contributed by atoms with van der Waals surface area (Å²) in [6.45, 7) is 7.69. The van der Waals surface area contributed by atoms with Gasteiger partial charge in [0, 0.05) is 45.2 Å². The lowest BCUT2D eigenvalue weighted by Gasteiger charge is -2.16. The van der Waals surface area contributed by atoms with Gasteiger partial charge in [0.1, 0.15) is 13.2 Å². The molecular formula is C41H40O2S3. The average Bonchev–Trinajstić information content (AvgIpc) is 3.74. The Morgan fingerprint density at radius 2 is 1.09 bits per heavy atom. The Kier molecular flexibility index (Phi) is 10.5. The molecule has 5 aromatic carbocycles. The molecule has 3 aromatic heterocycles. The van der Waals surface area contributed by atoms with Gasteiger partial charge in [-0.1, -0.05) is 111 Å². The van der Waals surface area contributed by atoms with Gasteiger partial charge < -0.3 is 9.47 Å². The summed E-state index contributed by atoms with van der Waals surface area (Å²) < 4.78 is 16.9. The highest BCUT2D eigenvalue weighted by Crippen LogP contribution is 2.48. The van der Waals surface area contributed by atoms with Crippen LogP contribution in [0.2, 0.25) is 0 Å². The lowest BCUT2D eigenvalue weighted by molar-refractivity contribution is 0.173. The van der Waals surface area contributed by atoms with E-state index in [9.17, 15) is 0 Å². The van der Waals surface area contributed by atoms with Gasteiger partial charge in [-0.3, -0.25) is 0 Å². The third-order valence-electron chi connectivity index (χ3n) is 7.73. The highest BCUT2D eigenvalue weighted by molar-refractivity contribution is 7.26. The second kappa shape index (κ2) is 14.5. The van der Waals surface area contributed by atoms with Crippen LogP contribution in [0.15, 0.2) is 115 Å². The maximum atomic E-state index is 5.72. The minimum Gasteiger partial charge on any atom is -0.485 e. The molecule has 0 saturated heterocycles. The monoisotopic (exact) mass is 660 g/mol. The van der Waals surface area contributed by atoms with E-state index >= 15 is 0 Å². The number of benzene rings is 5. The number of rotatable bonds is 1. The fourth-order valence-electron chi connectivity index (χ4n) is 5.60. The summed E-state index contributed by atoms with van der Waals surface area (Å²) in [6.07, 6.45) is 0.